The van der Waals surface area contributed by atoms with Gasteiger partial charge in [0.25, 0.3) is 0 Å². The second kappa shape index (κ2) is 10.8. The molecule has 2 aliphatic heterocycles. The SMILES string of the molecule is CCNC(=NCCc1ccc(S(C)(=O)=O)cc1)N1CCC(N2CCCC2)C1.I. The highest BCUT2D eigenvalue weighted by Gasteiger charge is 2.30. The molecular formula is C20H33IN4O2S. The van der Waals surface area contributed by atoms with Crippen LogP contribution in [0, 0.1) is 0 Å². The average molecular weight is 520 g/mol. The molecule has 158 valence electrons. The Bertz CT molecular complexity index is 746. The molecule has 0 bridgehead atoms. The van der Waals surface area contributed by atoms with E-state index < -0.39 is 9.84 Å². The molecule has 2 aliphatic rings. The second-order valence-electron chi connectivity index (χ2n) is 7.53. The topological polar surface area (TPSA) is 65.0 Å². The summed E-state index contributed by atoms with van der Waals surface area (Å²) in [5.41, 5.74) is 1.11. The summed E-state index contributed by atoms with van der Waals surface area (Å²) < 4.78 is 23.1. The number of guanidine groups is 1. The molecule has 2 fully saturated rings. The number of rotatable bonds is 6. The standard InChI is InChI=1S/C20H32N4O2S.HI/c1-3-21-20(24-15-11-18(16-24)23-13-4-5-14-23)22-12-10-17-6-8-19(9-7-17)27(2,25)26;/h6-9,18H,3-5,10-16H2,1-2H3,(H,21,22);1H. The lowest BCUT2D eigenvalue weighted by Gasteiger charge is -2.25. The van der Waals surface area contributed by atoms with E-state index in [0.717, 1.165) is 37.6 Å². The monoisotopic (exact) mass is 520 g/mol. The minimum absolute atomic E-state index is 0. The molecule has 1 N–H and O–H groups in total. The number of sulfone groups is 1. The Hall–Kier alpha value is -0.870. The van der Waals surface area contributed by atoms with Gasteiger partial charge in [-0.25, -0.2) is 8.42 Å². The average Bonchev–Trinajstić information content (AvgIpc) is 3.32. The van der Waals surface area contributed by atoms with E-state index in [9.17, 15) is 8.42 Å². The normalized spacial score (nSPS) is 21.0. The molecule has 0 saturated carbocycles. The highest BCUT2D eigenvalue weighted by Crippen LogP contribution is 2.20. The Morgan fingerprint density at radius 1 is 1.18 bits per heavy atom. The van der Waals surface area contributed by atoms with Gasteiger partial charge in [-0.15, -0.1) is 24.0 Å². The van der Waals surface area contributed by atoms with E-state index in [1.54, 1.807) is 12.1 Å². The third-order valence-electron chi connectivity index (χ3n) is 5.47. The second-order valence-corrected chi connectivity index (χ2v) is 9.55. The van der Waals surface area contributed by atoms with Crippen molar-refractivity contribution in [1.82, 2.24) is 15.1 Å². The zero-order valence-corrected chi connectivity index (χ0v) is 20.1. The molecule has 28 heavy (non-hydrogen) atoms. The van der Waals surface area contributed by atoms with Crippen LogP contribution in [0.3, 0.4) is 0 Å². The number of nitrogens with one attached hydrogen (secondary N) is 1. The first-order valence-corrected chi connectivity index (χ1v) is 11.9. The highest BCUT2D eigenvalue weighted by molar-refractivity contribution is 14.0. The van der Waals surface area contributed by atoms with Gasteiger partial charge in [0.1, 0.15) is 0 Å². The minimum atomic E-state index is -3.13. The van der Waals surface area contributed by atoms with Gasteiger partial charge in [0.15, 0.2) is 15.8 Å². The van der Waals surface area contributed by atoms with E-state index in [0.29, 0.717) is 17.5 Å². The van der Waals surface area contributed by atoms with E-state index in [4.69, 9.17) is 4.99 Å². The summed E-state index contributed by atoms with van der Waals surface area (Å²) in [5.74, 6) is 1.01. The molecule has 1 aromatic rings. The van der Waals surface area contributed by atoms with Crippen molar-refractivity contribution in [3.05, 3.63) is 29.8 Å². The Balaban J connectivity index is 0.00000280. The molecule has 0 spiro atoms. The van der Waals surface area contributed by atoms with Gasteiger partial charge in [-0.3, -0.25) is 9.89 Å². The predicted molar refractivity (Wildman–Crippen MR) is 125 cm³/mol. The Morgan fingerprint density at radius 3 is 2.46 bits per heavy atom. The van der Waals surface area contributed by atoms with Gasteiger partial charge in [0, 0.05) is 38.5 Å². The van der Waals surface area contributed by atoms with Crippen LogP contribution < -0.4 is 5.32 Å². The molecule has 0 radical (unpaired) electrons. The fraction of sp³-hybridized carbons (Fsp3) is 0.650. The lowest BCUT2D eigenvalue weighted by Crippen LogP contribution is -2.42. The van der Waals surface area contributed by atoms with Crippen LogP contribution in [0.5, 0.6) is 0 Å². The van der Waals surface area contributed by atoms with Crippen LogP contribution in [-0.2, 0) is 16.3 Å². The molecule has 0 aliphatic carbocycles. The number of hydrogen-bond donors (Lipinski definition) is 1. The van der Waals surface area contributed by atoms with Gasteiger partial charge >= 0.3 is 0 Å². The lowest BCUT2D eigenvalue weighted by molar-refractivity contribution is 0.249. The summed E-state index contributed by atoms with van der Waals surface area (Å²) in [5, 5.41) is 3.43. The number of halogens is 1. The number of nitrogens with zero attached hydrogens (tertiary/aromatic N) is 3. The molecule has 3 rings (SSSR count). The van der Waals surface area contributed by atoms with Crippen molar-refractivity contribution < 1.29 is 8.42 Å². The first-order valence-electron chi connectivity index (χ1n) is 10.0. The minimum Gasteiger partial charge on any atom is -0.357 e. The smallest absolute Gasteiger partial charge is 0.193 e. The van der Waals surface area contributed by atoms with Crippen LogP contribution in [0.25, 0.3) is 0 Å². The van der Waals surface area contributed by atoms with Crippen LogP contribution in [-0.4, -0.2) is 75.7 Å². The fourth-order valence-corrected chi connectivity index (χ4v) is 4.59. The Morgan fingerprint density at radius 2 is 1.86 bits per heavy atom. The van der Waals surface area contributed by atoms with Gasteiger partial charge in [-0.05, 0) is 63.4 Å². The molecule has 6 nitrogen and oxygen atoms in total. The van der Waals surface area contributed by atoms with E-state index in [1.807, 2.05) is 12.1 Å². The van der Waals surface area contributed by atoms with Gasteiger partial charge < -0.3 is 10.2 Å². The lowest BCUT2D eigenvalue weighted by atomic mass is 10.1. The summed E-state index contributed by atoms with van der Waals surface area (Å²) in [6, 6.07) is 7.80. The van der Waals surface area contributed by atoms with Crippen molar-refractivity contribution in [3.63, 3.8) is 0 Å². The predicted octanol–water partition coefficient (Wildman–Crippen LogP) is 2.39. The molecule has 2 saturated heterocycles. The van der Waals surface area contributed by atoms with Gasteiger partial charge in [-0.2, -0.15) is 0 Å². The number of benzene rings is 1. The highest BCUT2D eigenvalue weighted by atomic mass is 127. The molecule has 8 heteroatoms. The van der Waals surface area contributed by atoms with E-state index >= 15 is 0 Å². The third kappa shape index (κ3) is 6.32. The largest absolute Gasteiger partial charge is 0.357 e. The van der Waals surface area contributed by atoms with E-state index in [-0.39, 0.29) is 24.0 Å². The van der Waals surface area contributed by atoms with Crippen LogP contribution in [0.4, 0.5) is 0 Å². The van der Waals surface area contributed by atoms with Crippen LogP contribution in [0.15, 0.2) is 34.2 Å². The molecule has 0 amide bonds. The van der Waals surface area contributed by atoms with Crippen LogP contribution in [0.1, 0.15) is 31.7 Å². The number of hydrogen-bond acceptors (Lipinski definition) is 4. The maximum absolute atomic E-state index is 11.5. The van der Waals surface area contributed by atoms with Crippen molar-refractivity contribution in [1.29, 1.82) is 0 Å². The summed E-state index contributed by atoms with van der Waals surface area (Å²) in [6.45, 7) is 8.29. The van der Waals surface area contributed by atoms with E-state index in [1.165, 1.54) is 38.6 Å². The van der Waals surface area contributed by atoms with Crippen LogP contribution >= 0.6 is 24.0 Å². The van der Waals surface area contributed by atoms with E-state index in [2.05, 4.69) is 22.0 Å². The molecule has 2 heterocycles. The zero-order chi connectivity index (χ0) is 19.3. The molecule has 1 atom stereocenters. The maximum atomic E-state index is 11.5. The molecule has 0 aromatic heterocycles. The fourth-order valence-electron chi connectivity index (χ4n) is 3.96. The summed E-state index contributed by atoms with van der Waals surface area (Å²) in [4.78, 5) is 10.2. The summed E-state index contributed by atoms with van der Waals surface area (Å²) in [6.07, 6.45) is 5.94. The van der Waals surface area contributed by atoms with Gasteiger partial charge in [0.05, 0.1) is 4.90 Å². The Labute approximate surface area is 186 Å². The van der Waals surface area contributed by atoms with Crippen LogP contribution in [0.2, 0.25) is 0 Å². The molecular weight excluding hydrogens is 487 g/mol. The zero-order valence-electron chi connectivity index (χ0n) is 16.9. The molecule has 1 aromatic carbocycles. The van der Waals surface area contributed by atoms with Crippen molar-refractivity contribution in [2.75, 3.05) is 45.5 Å². The quantitative estimate of drug-likeness (QED) is 0.355. The number of likely N-dealkylation sites (tertiary alicyclic amines) is 2. The van der Waals surface area contributed by atoms with Crippen molar-refractivity contribution in [3.8, 4) is 0 Å². The summed E-state index contributed by atoms with van der Waals surface area (Å²) >= 11 is 0. The van der Waals surface area contributed by atoms with Gasteiger partial charge in [-0.1, -0.05) is 12.1 Å². The maximum Gasteiger partial charge on any atom is 0.193 e. The number of aliphatic imine (C=N–C) groups is 1. The Kier molecular flexibility index (Phi) is 9.01. The third-order valence-corrected chi connectivity index (χ3v) is 6.60. The first-order chi connectivity index (χ1) is 13.0. The first kappa shape index (κ1) is 23.4. The van der Waals surface area contributed by atoms with Gasteiger partial charge in [0.2, 0.25) is 0 Å². The van der Waals surface area contributed by atoms with Crippen molar-refractivity contribution in [2.24, 2.45) is 4.99 Å². The van der Waals surface area contributed by atoms with Crippen molar-refractivity contribution >= 4 is 39.8 Å². The van der Waals surface area contributed by atoms with Crippen molar-refractivity contribution in [2.45, 2.75) is 43.5 Å². The molecule has 1 unspecified atom stereocenters. The summed E-state index contributed by atoms with van der Waals surface area (Å²) in [7, 11) is -3.13.